The maximum absolute atomic E-state index is 13.4. The fourth-order valence-corrected chi connectivity index (χ4v) is 3.68. The van der Waals surface area contributed by atoms with Crippen LogP contribution >= 0.6 is 0 Å². The molecule has 9 heteroatoms. The smallest absolute Gasteiger partial charge is 0.282 e. The molecule has 0 unspecified atom stereocenters. The lowest BCUT2D eigenvalue weighted by Crippen LogP contribution is -2.46. The molecule has 2 aliphatic heterocycles. The van der Waals surface area contributed by atoms with Crippen LogP contribution in [0.4, 0.5) is 15.8 Å². The molecule has 154 valence electrons. The van der Waals surface area contributed by atoms with Gasteiger partial charge in [-0.05, 0) is 49.0 Å². The van der Waals surface area contributed by atoms with E-state index in [4.69, 9.17) is 0 Å². The first-order chi connectivity index (χ1) is 14.4. The molecule has 2 aromatic rings. The summed E-state index contributed by atoms with van der Waals surface area (Å²) in [6.07, 6.45) is 0. The molecule has 2 aliphatic rings. The van der Waals surface area contributed by atoms with E-state index in [9.17, 15) is 24.1 Å². The molecule has 0 atom stereocenters. The molecule has 2 aromatic carbocycles. The number of anilines is 1. The molecule has 8 nitrogen and oxygen atoms in total. The quantitative estimate of drug-likeness (QED) is 0.437. The summed E-state index contributed by atoms with van der Waals surface area (Å²) in [5, 5.41) is 11.0. The van der Waals surface area contributed by atoms with Crippen molar-refractivity contribution in [1.82, 2.24) is 9.80 Å². The number of amides is 2. The first-order valence-electron chi connectivity index (χ1n) is 9.44. The van der Waals surface area contributed by atoms with E-state index in [0.717, 1.165) is 18.0 Å². The van der Waals surface area contributed by atoms with E-state index in [1.807, 2.05) is 11.9 Å². The number of likely N-dealkylation sites (N-methyl/N-ethyl adjacent to an activating group) is 1. The van der Waals surface area contributed by atoms with Crippen LogP contribution in [0.2, 0.25) is 0 Å². The molecular formula is C21H19FN4O4. The van der Waals surface area contributed by atoms with Crippen molar-refractivity contribution in [2.75, 3.05) is 38.1 Å². The van der Waals surface area contributed by atoms with Crippen molar-refractivity contribution in [3.63, 3.8) is 0 Å². The predicted octanol–water partition coefficient (Wildman–Crippen LogP) is 2.27. The number of rotatable bonds is 4. The largest absolute Gasteiger partial charge is 0.364 e. The highest BCUT2D eigenvalue weighted by atomic mass is 19.1. The van der Waals surface area contributed by atoms with Crippen molar-refractivity contribution in [3.8, 4) is 0 Å². The number of imide groups is 1. The summed E-state index contributed by atoms with van der Waals surface area (Å²) in [6, 6.07) is 10.7. The fraction of sp³-hybridized carbons (Fsp3) is 0.238. The first-order valence-corrected chi connectivity index (χ1v) is 9.44. The maximum Gasteiger partial charge on any atom is 0.282 e. The van der Waals surface area contributed by atoms with Gasteiger partial charge in [-0.3, -0.25) is 19.7 Å². The second kappa shape index (κ2) is 7.68. The normalized spacial score (nSPS) is 17.8. The Kier molecular flexibility index (Phi) is 5.04. The van der Waals surface area contributed by atoms with Crippen LogP contribution in [0.25, 0.3) is 5.57 Å². The molecule has 4 rings (SSSR count). The Morgan fingerprint density at radius 1 is 0.900 bits per heavy atom. The van der Waals surface area contributed by atoms with E-state index in [2.05, 4.69) is 4.90 Å². The highest BCUT2D eigenvalue weighted by Gasteiger charge is 2.43. The number of halogens is 1. The van der Waals surface area contributed by atoms with Crippen LogP contribution in [-0.2, 0) is 9.59 Å². The van der Waals surface area contributed by atoms with Gasteiger partial charge in [0.2, 0.25) is 0 Å². The predicted molar refractivity (Wildman–Crippen MR) is 108 cm³/mol. The van der Waals surface area contributed by atoms with Crippen molar-refractivity contribution < 1.29 is 18.9 Å². The summed E-state index contributed by atoms with van der Waals surface area (Å²) in [5.74, 6) is -1.49. The molecule has 1 fully saturated rings. The second-order valence-corrected chi connectivity index (χ2v) is 7.24. The van der Waals surface area contributed by atoms with E-state index in [-0.39, 0.29) is 22.6 Å². The molecule has 2 heterocycles. The van der Waals surface area contributed by atoms with Gasteiger partial charge in [0.1, 0.15) is 11.5 Å². The van der Waals surface area contributed by atoms with Crippen molar-refractivity contribution in [3.05, 3.63) is 75.7 Å². The van der Waals surface area contributed by atoms with Gasteiger partial charge in [0.05, 0.1) is 16.2 Å². The van der Waals surface area contributed by atoms with Crippen LogP contribution < -0.4 is 4.90 Å². The Morgan fingerprint density at radius 3 is 2.07 bits per heavy atom. The van der Waals surface area contributed by atoms with Crippen molar-refractivity contribution in [2.45, 2.75) is 0 Å². The number of carbonyl (C=O) groups excluding carboxylic acids is 2. The fourth-order valence-electron chi connectivity index (χ4n) is 3.68. The van der Waals surface area contributed by atoms with Crippen LogP contribution in [0.3, 0.4) is 0 Å². The zero-order valence-electron chi connectivity index (χ0n) is 16.2. The minimum absolute atomic E-state index is 0.104. The van der Waals surface area contributed by atoms with Gasteiger partial charge in [-0.15, -0.1) is 0 Å². The molecule has 0 aromatic heterocycles. The molecule has 2 amide bonds. The van der Waals surface area contributed by atoms with Gasteiger partial charge in [0.25, 0.3) is 17.5 Å². The van der Waals surface area contributed by atoms with Crippen molar-refractivity contribution in [2.24, 2.45) is 0 Å². The molecule has 0 spiro atoms. The van der Waals surface area contributed by atoms with Gasteiger partial charge < -0.3 is 9.80 Å². The highest BCUT2D eigenvalue weighted by Crippen LogP contribution is 2.35. The zero-order chi connectivity index (χ0) is 21.4. The molecule has 0 saturated carbocycles. The van der Waals surface area contributed by atoms with Crippen LogP contribution in [-0.4, -0.2) is 59.8 Å². The summed E-state index contributed by atoms with van der Waals surface area (Å²) >= 11 is 0. The van der Waals surface area contributed by atoms with E-state index < -0.39 is 22.6 Å². The number of nitro benzene ring substituents is 1. The van der Waals surface area contributed by atoms with Gasteiger partial charge in [-0.1, -0.05) is 0 Å². The zero-order valence-corrected chi connectivity index (χ0v) is 16.2. The minimum Gasteiger partial charge on any atom is -0.364 e. The number of nitro groups is 1. The number of benzene rings is 2. The second-order valence-electron chi connectivity index (χ2n) is 7.24. The maximum atomic E-state index is 13.4. The van der Waals surface area contributed by atoms with Gasteiger partial charge in [0, 0.05) is 38.3 Å². The monoisotopic (exact) mass is 410 g/mol. The molecule has 0 aliphatic carbocycles. The van der Waals surface area contributed by atoms with Crippen molar-refractivity contribution in [1.29, 1.82) is 0 Å². The van der Waals surface area contributed by atoms with Crippen LogP contribution in [0, 0.1) is 15.9 Å². The van der Waals surface area contributed by atoms with E-state index >= 15 is 0 Å². The average molecular weight is 410 g/mol. The van der Waals surface area contributed by atoms with Crippen LogP contribution in [0.5, 0.6) is 0 Å². The summed E-state index contributed by atoms with van der Waals surface area (Å²) < 4.78 is 13.4. The Balaban J connectivity index is 1.79. The van der Waals surface area contributed by atoms with Gasteiger partial charge in [-0.2, -0.15) is 0 Å². The highest BCUT2D eigenvalue weighted by molar-refractivity contribution is 6.45. The Labute approximate surface area is 171 Å². The number of hydrogen-bond acceptors (Lipinski definition) is 6. The Hall–Kier alpha value is -3.59. The SMILES string of the molecule is CN1CCN(C2=C(c3ccc([N+](=O)[O-])cc3)C(=O)N(c3ccc(F)cc3)C2=O)CC1. The topological polar surface area (TPSA) is 87.0 Å². The lowest BCUT2D eigenvalue weighted by Gasteiger charge is -2.34. The average Bonchev–Trinajstić information content (AvgIpc) is 3.00. The van der Waals surface area contributed by atoms with Gasteiger partial charge in [0.15, 0.2) is 0 Å². The lowest BCUT2D eigenvalue weighted by atomic mass is 10.0. The number of carbonyl (C=O) groups is 2. The summed E-state index contributed by atoms with van der Waals surface area (Å²) in [6.45, 7) is 2.60. The third kappa shape index (κ3) is 3.43. The Bertz CT molecular complexity index is 1040. The number of non-ortho nitro benzene ring substituents is 1. The molecule has 0 radical (unpaired) electrons. The number of hydrogen-bond donors (Lipinski definition) is 0. The minimum atomic E-state index is -0.533. The molecule has 1 saturated heterocycles. The van der Waals surface area contributed by atoms with Gasteiger partial charge >= 0.3 is 0 Å². The van der Waals surface area contributed by atoms with E-state index in [1.165, 1.54) is 48.5 Å². The summed E-state index contributed by atoms with van der Waals surface area (Å²) in [7, 11) is 1.98. The van der Waals surface area contributed by atoms with E-state index in [1.54, 1.807) is 0 Å². The molecule has 30 heavy (non-hydrogen) atoms. The summed E-state index contributed by atoms with van der Waals surface area (Å²) in [4.78, 5) is 42.1. The first kappa shape index (κ1) is 19.7. The van der Waals surface area contributed by atoms with Crippen molar-refractivity contribution >= 4 is 28.8 Å². The molecular weight excluding hydrogens is 391 g/mol. The van der Waals surface area contributed by atoms with Crippen LogP contribution in [0.1, 0.15) is 5.56 Å². The number of nitrogens with zero attached hydrogens (tertiary/aromatic N) is 4. The van der Waals surface area contributed by atoms with Gasteiger partial charge in [-0.25, -0.2) is 9.29 Å². The third-order valence-corrected chi connectivity index (χ3v) is 5.33. The third-order valence-electron chi connectivity index (χ3n) is 5.33. The molecule has 0 N–H and O–H groups in total. The van der Waals surface area contributed by atoms with Crippen LogP contribution in [0.15, 0.2) is 54.2 Å². The standard InChI is InChI=1S/C21H19FN4O4/c1-23-10-12-24(13-11-23)19-18(14-2-6-17(7-3-14)26(29)30)20(27)25(21(19)28)16-8-4-15(22)5-9-16/h2-9H,10-13H2,1H3. The Morgan fingerprint density at radius 2 is 1.50 bits per heavy atom. The number of piperazine rings is 1. The molecule has 0 bridgehead atoms. The van der Waals surface area contributed by atoms with E-state index in [0.29, 0.717) is 18.7 Å². The lowest BCUT2D eigenvalue weighted by molar-refractivity contribution is -0.384. The summed E-state index contributed by atoms with van der Waals surface area (Å²) in [5.41, 5.74) is 1.06.